The number of benzene rings is 2. The van der Waals surface area contributed by atoms with Gasteiger partial charge in [-0.2, -0.15) is 0 Å². The maximum Gasteiger partial charge on any atom is 0.153 e. The van der Waals surface area contributed by atoms with Crippen LogP contribution in [0.15, 0.2) is 48.8 Å². The summed E-state index contributed by atoms with van der Waals surface area (Å²) in [4.78, 5) is 10.0. The minimum absolute atomic E-state index is 0.269. The van der Waals surface area contributed by atoms with Crippen LogP contribution in [0.25, 0.3) is 11.4 Å². The third kappa shape index (κ3) is 5.37. The molecule has 0 aliphatic rings. The zero-order valence-corrected chi connectivity index (χ0v) is 17.5. The molecule has 0 amide bonds. The monoisotopic (exact) mass is 395 g/mol. The van der Waals surface area contributed by atoms with Crippen LogP contribution in [0, 0.1) is 12.7 Å². The van der Waals surface area contributed by atoms with Crippen molar-refractivity contribution >= 4 is 5.69 Å². The van der Waals surface area contributed by atoms with Gasteiger partial charge in [0.05, 0.1) is 5.69 Å². The average molecular weight is 396 g/mol. The SMILES string of the molecule is CCCCN(CCCC)c1cc(-c2ncc[nH]2)cc(C)c1Oc1ccc(F)cc1. The molecule has 4 nitrogen and oxygen atoms in total. The summed E-state index contributed by atoms with van der Waals surface area (Å²) in [6.45, 7) is 8.40. The Bertz CT molecular complexity index is 883. The highest BCUT2D eigenvalue weighted by Gasteiger charge is 2.18. The van der Waals surface area contributed by atoms with Crippen molar-refractivity contribution in [3.63, 3.8) is 0 Å². The summed E-state index contributed by atoms with van der Waals surface area (Å²) in [6.07, 6.45) is 8.09. The lowest BCUT2D eigenvalue weighted by atomic mass is 10.1. The van der Waals surface area contributed by atoms with Crippen LogP contribution in [0.4, 0.5) is 10.1 Å². The molecule has 5 heteroatoms. The van der Waals surface area contributed by atoms with Gasteiger partial charge in [0.2, 0.25) is 0 Å². The summed E-state index contributed by atoms with van der Waals surface area (Å²) >= 11 is 0. The van der Waals surface area contributed by atoms with E-state index in [2.05, 4.69) is 40.8 Å². The molecule has 0 spiro atoms. The van der Waals surface area contributed by atoms with Gasteiger partial charge in [-0.05, 0) is 61.7 Å². The van der Waals surface area contributed by atoms with Gasteiger partial charge in [-0.25, -0.2) is 9.37 Å². The second-order valence-electron chi connectivity index (χ2n) is 7.33. The third-order valence-corrected chi connectivity index (χ3v) is 4.96. The molecule has 0 unspecified atom stereocenters. The lowest BCUT2D eigenvalue weighted by molar-refractivity contribution is 0.474. The van der Waals surface area contributed by atoms with Crippen LogP contribution < -0.4 is 9.64 Å². The molecule has 0 aliphatic carbocycles. The van der Waals surface area contributed by atoms with Gasteiger partial charge in [0.1, 0.15) is 17.4 Å². The fraction of sp³-hybridized carbons (Fsp3) is 0.375. The highest BCUT2D eigenvalue weighted by molar-refractivity contribution is 5.72. The molecule has 2 aromatic carbocycles. The van der Waals surface area contributed by atoms with Crippen LogP contribution in [-0.4, -0.2) is 23.1 Å². The number of ether oxygens (including phenoxy) is 1. The van der Waals surface area contributed by atoms with Crippen LogP contribution in [0.5, 0.6) is 11.5 Å². The molecule has 154 valence electrons. The first-order valence-electron chi connectivity index (χ1n) is 10.4. The minimum atomic E-state index is -0.269. The predicted molar refractivity (Wildman–Crippen MR) is 117 cm³/mol. The van der Waals surface area contributed by atoms with Gasteiger partial charge in [0.25, 0.3) is 0 Å². The van der Waals surface area contributed by atoms with Crippen LogP contribution in [-0.2, 0) is 0 Å². The quantitative estimate of drug-likeness (QED) is 0.414. The second-order valence-corrected chi connectivity index (χ2v) is 7.33. The summed E-state index contributed by atoms with van der Waals surface area (Å²) in [7, 11) is 0. The molecule has 3 aromatic rings. The summed E-state index contributed by atoms with van der Waals surface area (Å²) in [5.41, 5.74) is 3.12. The maximum absolute atomic E-state index is 13.3. The Balaban J connectivity index is 2.05. The molecule has 0 saturated heterocycles. The van der Waals surface area contributed by atoms with Crippen molar-refractivity contribution in [3.8, 4) is 22.9 Å². The number of hydrogen-bond acceptors (Lipinski definition) is 3. The van der Waals surface area contributed by atoms with Crippen molar-refractivity contribution in [1.29, 1.82) is 0 Å². The number of anilines is 1. The Labute approximate surface area is 172 Å². The standard InChI is InChI=1S/C24H30FN3O/c1-4-6-14-28(15-7-5-2)22-17-19(24-26-12-13-27-24)16-18(3)23(22)29-21-10-8-20(25)9-11-21/h8-13,16-17H,4-7,14-15H2,1-3H3,(H,26,27). The van der Waals surface area contributed by atoms with Gasteiger partial charge in [0.15, 0.2) is 5.75 Å². The van der Waals surface area contributed by atoms with Crippen LogP contribution in [0.2, 0.25) is 0 Å². The molecule has 1 aromatic heterocycles. The number of imidazole rings is 1. The van der Waals surface area contributed by atoms with Crippen molar-refractivity contribution in [2.45, 2.75) is 46.5 Å². The summed E-state index contributed by atoms with van der Waals surface area (Å²) in [5, 5.41) is 0. The fourth-order valence-electron chi connectivity index (χ4n) is 3.35. The van der Waals surface area contributed by atoms with Crippen LogP contribution in [0.1, 0.15) is 45.1 Å². The van der Waals surface area contributed by atoms with E-state index >= 15 is 0 Å². The largest absolute Gasteiger partial charge is 0.455 e. The lowest BCUT2D eigenvalue weighted by Crippen LogP contribution is -2.26. The maximum atomic E-state index is 13.3. The van der Waals surface area contributed by atoms with E-state index in [1.165, 1.54) is 12.1 Å². The van der Waals surface area contributed by atoms with Gasteiger partial charge in [-0.15, -0.1) is 0 Å². The van der Waals surface area contributed by atoms with Crippen LogP contribution >= 0.6 is 0 Å². The Morgan fingerprint density at radius 1 is 1.03 bits per heavy atom. The van der Waals surface area contributed by atoms with Crippen molar-refractivity contribution in [1.82, 2.24) is 9.97 Å². The number of hydrogen-bond donors (Lipinski definition) is 1. The summed E-state index contributed by atoms with van der Waals surface area (Å²) in [5.74, 6) is 2.02. The van der Waals surface area contributed by atoms with Crippen molar-refractivity contribution < 1.29 is 9.13 Å². The number of aromatic nitrogens is 2. The van der Waals surface area contributed by atoms with E-state index in [4.69, 9.17) is 4.74 Å². The minimum Gasteiger partial charge on any atom is -0.455 e. The van der Waals surface area contributed by atoms with E-state index in [1.54, 1.807) is 18.3 Å². The summed E-state index contributed by atoms with van der Waals surface area (Å²) in [6, 6.07) is 10.4. The molecule has 0 aliphatic heterocycles. The third-order valence-electron chi connectivity index (χ3n) is 4.96. The number of nitrogens with one attached hydrogen (secondary N) is 1. The molecule has 3 rings (SSSR count). The molecule has 0 fully saturated rings. The van der Waals surface area contributed by atoms with E-state index in [1.807, 2.05) is 13.1 Å². The Hall–Kier alpha value is -2.82. The van der Waals surface area contributed by atoms with Crippen molar-refractivity contribution in [2.24, 2.45) is 0 Å². The molecular formula is C24H30FN3O. The van der Waals surface area contributed by atoms with E-state index in [0.717, 1.165) is 67.2 Å². The highest BCUT2D eigenvalue weighted by Crippen LogP contribution is 2.39. The first-order valence-corrected chi connectivity index (χ1v) is 10.4. The van der Waals surface area contributed by atoms with Crippen molar-refractivity contribution in [2.75, 3.05) is 18.0 Å². The van der Waals surface area contributed by atoms with Gasteiger partial charge in [0, 0.05) is 31.0 Å². The van der Waals surface area contributed by atoms with E-state index in [-0.39, 0.29) is 5.82 Å². The topological polar surface area (TPSA) is 41.2 Å². The Kier molecular flexibility index (Phi) is 7.28. The highest BCUT2D eigenvalue weighted by atomic mass is 19.1. The molecular weight excluding hydrogens is 365 g/mol. The normalized spacial score (nSPS) is 10.9. The smallest absolute Gasteiger partial charge is 0.153 e. The summed E-state index contributed by atoms with van der Waals surface area (Å²) < 4.78 is 19.6. The number of H-pyrrole nitrogens is 1. The number of aromatic amines is 1. The van der Waals surface area contributed by atoms with E-state index in [9.17, 15) is 4.39 Å². The molecule has 1 N–H and O–H groups in total. The van der Waals surface area contributed by atoms with E-state index in [0.29, 0.717) is 5.75 Å². The number of nitrogens with zero attached hydrogens (tertiary/aromatic N) is 2. The predicted octanol–water partition coefficient (Wildman–Crippen LogP) is 6.72. The molecule has 0 bridgehead atoms. The zero-order valence-electron chi connectivity index (χ0n) is 17.5. The molecule has 0 saturated carbocycles. The number of aryl methyl sites for hydroxylation is 1. The lowest BCUT2D eigenvalue weighted by Gasteiger charge is -2.28. The Morgan fingerprint density at radius 2 is 1.72 bits per heavy atom. The number of rotatable bonds is 10. The first-order chi connectivity index (χ1) is 14.1. The Morgan fingerprint density at radius 3 is 2.31 bits per heavy atom. The van der Waals surface area contributed by atoms with Gasteiger partial charge in [-0.3, -0.25) is 0 Å². The fourth-order valence-corrected chi connectivity index (χ4v) is 3.35. The number of halogens is 1. The first kappa shape index (κ1) is 20.9. The van der Waals surface area contributed by atoms with E-state index < -0.39 is 0 Å². The van der Waals surface area contributed by atoms with Crippen LogP contribution in [0.3, 0.4) is 0 Å². The average Bonchev–Trinajstić information content (AvgIpc) is 3.26. The zero-order chi connectivity index (χ0) is 20.6. The molecule has 0 radical (unpaired) electrons. The van der Waals surface area contributed by atoms with Gasteiger partial charge < -0.3 is 14.6 Å². The van der Waals surface area contributed by atoms with Crippen molar-refractivity contribution in [3.05, 3.63) is 60.2 Å². The second kappa shape index (κ2) is 10.1. The molecule has 1 heterocycles. The van der Waals surface area contributed by atoms with Gasteiger partial charge in [-0.1, -0.05) is 26.7 Å². The van der Waals surface area contributed by atoms with Gasteiger partial charge >= 0.3 is 0 Å². The number of unbranched alkanes of at least 4 members (excludes halogenated alkanes) is 2. The molecule has 0 atom stereocenters. The molecule has 29 heavy (non-hydrogen) atoms.